The van der Waals surface area contributed by atoms with E-state index >= 15 is 0 Å². The smallest absolute Gasteiger partial charge is 0.306 e. The average molecular weight is 1090 g/mol. The van der Waals surface area contributed by atoms with Gasteiger partial charge in [0.15, 0.2) is 12.4 Å². The molecular weight excluding hydrogens is 959 g/mol. The maximum absolute atomic E-state index is 12.9. The van der Waals surface area contributed by atoms with Gasteiger partial charge in [0, 0.05) is 12.8 Å². The van der Waals surface area contributed by atoms with E-state index in [1.807, 2.05) is 21.1 Å². The number of esters is 2. The van der Waals surface area contributed by atoms with Gasteiger partial charge in [-0.05, 0) is 51.4 Å². The predicted molar refractivity (Wildman–Crippen MR) is 325 cm³/mol. The summed E-state index contributed by atoms with van der Waals surface area (Å²) in [6.07, 6.45) is 70.9. The van der Waals surface area contributed by atoms with Crippen LogP contribution in [0.4, 0.5) is 0 Å². The number of likely N-dealkylation sites (N-methyl/N-ethyl adjacent to an activating group) is 1. The van der Waals surface area contributed by atoms with Gasteiger partial charge in [-0.3, -0.25) is 9.59 Å². The number of carbonyl (C=O) groups is 3. The molecule has 9 heteroatoms. The fourth-order valence-electron chi connectivity index (χ4n) is 9.78. The van der Waals surface area contributed by atoms with Gasteiger partial charge in [-0.1, -0.05) is 294 Å². The van der Waals surface area contributed by atoms with Gasteiger partial charge in [0.2, 0.25) is 0 Å². The Labute approximate surface area is 477 Å². The Morgan fingerprint density at radius 3 is 1.04 bits per heavy atom. The van der Waals surface area contributed by atoms with Crippen molar-refractivity contribution in [3.63, 3.8) is 0 Å². The van der Waals surface area contributed by atoms with Crippen LogP contribution in [0.3, 0.4) is 0 Å². The molecule has 9 nitrogen and oxygen atoms in total. The molecule has 0 heterocycles. The van der Waals surface area contributed by atoms with E-state index in [0.29, 0.717) is 17.4 Å². The van der Waals surface area contributed by atoms with Crippen molar-refractivity contribution in [2.45, 2.75) is 334 Å². The summed E-state index contributed by atoms with van der Waals surface area (Å²) in [5, 5.41) is 11.8. The number of hydrogen-bond acceptors (Lipinski definition) is 8. The third-order valence-corrected chi connectivity index (χ3v) is 14.9. The van der Waals surface area contributed by atoms with Crippen molar-refractivity contribution in [1.29, 1.82) is 0 Å². The summed E-state index contributed by atoms with van der Waals surface area (Å²) >= 11 is 0. The SMILES string of the molecule is CCCCCCC/C=C\C/C=C\C/C=C\CCCCCCCCCCCCCCCCCCCCCCCCC(=O)OC(COC(=O)CCCCCCCCCCCCCCCCC)COC(OCC[N+](C)(C)C)C(=O)[O-]. The fourth-order valence-corrected chi connectivity index (χ4v) is 9.78. The monoisotopic (exact) mass is 1090 g/mol. The van der Waals surface area contributed by atoms with Gasteiger partial charge in [0.05, 0.1) is 40.3 Å². The highest BCUT2D eigenvalue weighted by Crippen LogP contribution is 2.18. The molecular formula is C68H127NO8. The number of carbonyl (C=O) groups excluding carboxylic acids is 3. The molecule has 0 bridgehead atoms. The second-order valence-corrected chi connectivity index (χ2v) is 23.8. The largest absolute Gasteiger partial charge is 0.545 e. The minimum absolute atomic E-state index is 0.151. The number of allylic oxidation sites excluding steroid dienone is 6. The maximum atomic E-state index is 12.9. The zero-order valence-electron chi connectivity index (χ0n) is 51.6. The Morgan fingerprint density at radius 1 is 0.390 bits per heavy atom. The Balaban J connectivity index is 3.98. The van der Waals surface area contributed by atoms with Crippen LogP contribution in [-0.4, -0.2) is 82.3 Å². The van der Waals surface area contributed by atoms with Crippen molar-refractivity contribution in [2.75, 3.05) is 47.5 Å². The van der Waals surface area contributed by atoms with Gasteiger partial charge in [0.25, 0.3) is 0 Å². The zero-order valence-corrected chi connectivity index (χ0v) is 51.6. The number of quaternary nitrogens is 1. The van der Waals surface area contributed by atoms with Crippen molar-refractivity contribution in [3.05, 3.63) is 36.5 Å². The van der Waals surface area contributed by atoms with Crippen LogP contribution in [0.2, 0.25) is 0 Å². The van der Waals surface area contributed by atoms with Crippen LogP contribution in [0.15, 0.2) is 36.5 Å². The lowest BCUT2D eigenvalue weighted by molar-refractivity contribution is -0.870. The first-order valence-electron chi connectivity index (χ1n) is 33.1. The highest BCUT2D eigenvalue weighted by Gasteiger charge is 2.22. The van der Waals surface area contributed by atoms with Crippen LogP contribution >= 0.6 is 0 Å². The molecule has 0 aliphatic carbocycles. The quantitative estimate of drug-likeness (QED) is 0.0195. The second-order valence-electron chi connectivity index (χ2n) is 23.8. The van der Waals surface area contributed by atoms with Crippen molar-refractivity contribution in [1.82, 2.24) is 0 Å². The van der Waals surface area contributed by atoms with E-state index in [4.69, 9.17) is 18.9 Å². The van der Waals surface area contributed by atoms with Crippen LogP contribution in [0.5, 0.6) is 0 Å². The lowest BCUT2D eigenvalue weighted by atomic mass is 10.0. The van der Waals surface area contributed by atoms with Crippen LogP contribution in [-0.2, 0) is 33.3 Å². The third-order valence-electron chi connectivity index (χ3n) is 14.9. The Bertz CT molecular complexity index is 1360. The summed E-state index contributed by atoms with van der Waals surface area (Å²) in [5.41, 5.74) is 0. The molecule has 0 fully saturated rings. The molecule has 0 aromatic heterocycles. The van der Waals surface area contributed by atoms with Crippen LogP contribution in [0.25, 0.3) is 0 Å². The molecule has 452 valence electrons. The van der Waals surface area contributed by atoms with Gasteiger partial charge in [0.1, 0.15) is 13.2 Å². The second kappa shape index (κ2) is 59.6. The standard InChI is InChI=1S/C68H127NO8/c1-6-8-10-12-14-16-18-20-22-23-24-25-26-27-28-29-30-31-32-33-34-35-36-37-38-39-40-41-42-43-45-47-49-51-53-55-57-59-66(71)77-64(63-76-68(67(72)73)74-61-60-69(3,4)5)62-75-65(70)58-56-54-52-50-48-46-44-21-19-17-15-13-11-9-7-2/h18,20,23-24,26-27,64,68H,6-17,19,21-22,25,28-63H2,1-5H3/b20-18-,24-23-,27-26-. The van der Waals surface area contributed by atoms with Crippen molar-refractivity contribution in [2.24, 2.45) is 0 Å². The number of rotatable bonds is 62. The molecule has 0 saturated carbocycles. The summed E-state index contributed by atoms with van der Waals surface area (Å²) in [7, 11) is 5.94. The molecule has 0 aromatic rings. The highest BCUT2D eigenvalue weighted by molar-refractivity contribution is 5.70. The van der Waals surface area contributed by atoms with Gasteiger partial charge >= 0.3 is 11.9 Å². The molecule has 0 aromatic carbocycles. The zero-order chi connectivity index (χ0) is 56.2. The molecule has 2 atom stereocenters. The van der Waals surface area contributed by atoms with Crippen molar-refractivity contribution >= 4 is 17.9 Å². The summed E-state index contributed by atoms with van der Waals surface area (Å²) in [4.78, 5) is 37.3. The van der Waals surface area contributed by atoms with Crippen molar-refractivity contribution < 1.29 is 42.9 Å². The molecule has 0 rings (SSSR count). The van der Waals surface area contributed by atoms with E-state index in [9.17, 15) is 19.5 Å². The number of hydrogen-bond donors (Lipinski definition) is 0. The number of carboxylic acids is 1. The van der Waals surface area contributed by atoms with Crippen LogP contribution in [0, 0.1) is 0 Å². The molecule has 0 saturated heterocycles. The van der Waals surface area contributed by atoms with E-state index in [2.05, 4.69) is 50.3 Å². The highest BCUT2D eigenvalue weighted by atomic mass is 16.7. The normalized spacial score (nSPS) is 12.9. The van der Waals surface area contributed by atoms with Gasteiger partial charge in [-0.2, -0.15) is 0 Å². The average Bonchev–Trinajstić information content (AvgIpc) is 3.40. The number of nitrogens with zero attached hydrogens (tertiary/aromatic N) is 1. The van der Waals surface area contributed by atoms with E-state index < -0.39 is 24.3 Å². The maximum Gasteiger partial charge on any atom is 0.306 e. The molecule has 0 spiro atoms. The Hall–Kier alpha value is -2.49. The molecule has 77 heavy (non-hydrogen) atoms. The predicted octanol–water partition coefficient (Wildman–Crippen LogP) is 18.7. The first kappa shape index (κ1) is 74.5. The summed E-state index contributed by atoms with van der Waals surface area (Å²) in [5.74, 6) is -2.26. The molecule has 0 aliphatic heterocycles. The Morgan fingerprint density at radius 2 is 0.701 bits per heavy atom. The first-order chi connectivity index (χ1) is 37.6. The summed E-state index contributed by atoms with van der Waals surface area (Å²) < 4.78 is 22.7. The number of unbranched alkanes of at least 4 members (excludes halogenated alkanes) is 41. The molecule has 0 N–H and O–H groups in total. The van der Waals surface area contributed by atoms with E-state index in [1.54, 1.807) is 0 Å². The van der Waals surface area contributed by atoms with Gasteiger partial charge in [-0.25, -0.2) is 0 Å². The molecule has 0 radical (unpaired) electrons. The lowest BCUT2D eigenvalue weighted by Crippen LogP contribution is -2.44. The van der Waals surface area contributed by atoms with Gasteiger partial charge < -0.3 is 33.3 Å². The topological polar surface area (TPSA) is 111 Å². The molecule has 0 aliphatic rings. The fraction of sp³-hybridized carbons (Fsp3) is 0.868. The summed E-state index contributed by atoms with van der Waals surface area (Å²) in [6, 6.07) is 0. The third kappa shape index (κ3) is 61.0. The van der Waals surface area contributed by atoms with E-state index in [0.717, 1.165) is 51.4 Å². The number of carboxylic acid groups (broad SMARTS) is 1. The minimum Gasteiger partial charge on any atom is -0.545 e. The summed E-state index contributed by atoms with van der Waals surface area (Å²) in [6.45, 7) is 4.79. The minimum atomic E-state index is -1.62. The van der Waals surface area contributed by atoms with Crippen LogP contribution < -0.4 is 5.11 Å². The Kier molecular flexibility index (Phi) is 57.7. The molecule has 0 amide bonds. The van der Waals surface area contributed by atoms with E-state index in [1.165, 1.54) is 244 Å². The van der Waals surface area contributed by atoms with Gasteiger partial charge in [-0.15, -0.1) is 0 Å². The first-order valence-corrected chi connectivity index (χ1v) is 33.1. The molecule has 2 unspecified atom stereocenters. The lowest BCUT2D eigenvalue weighted by Gasteiger charge is -2.26. The van der Waals surface area contributed by atoms with E-state index in [-0.39, 0.29) is 32.2 Å². The van der Waals surface area contributed by atoms with Crippen LogP contribution in [0.1, 0.15) is 322 Å². The number of aliphatic carboxylic acids is 1. The van der Waals surface area contributed by atoms with Crippen molar-refractivity contribution in [3.8, 4) is 0 Å². The number of ether oxygens (including phenoxy) is 4.